The molecule has 11 heteroatoms. The second-order valence-electron chi connectivity index (χ2n) is 6.10. The van der Waals surface area contributed by atoms with Crippen molar-refractivity contribution in [3.8, 4) is 5.75 Å². The number of ether oxygens (including phenoxy) is 1. The molecule has 0 bridgehead atoms. The molecule has 0 aromatic heterocycles. The van der Waals surface area contributed by atoms with Crippen molar-refractivity contribution in [3.63, 3.8) is 0 Å². The van der Waals surface area contributed by atoms with Crippen LogP contribution in [0.3, 0.4) is 0 Å². The fraction of sp³-hybridized carbons (Fsp3) is 0.278. The predicted molar refractivity (Wildman–Crippen MR) is 111 cm³/mol. The highest BCUT2D eigenvalue weighted by Crippen LogP contribution is 2.32. The summed E-state index contributed by atoms with van der Waals surface area (Å²) in [6.07, 6.45) is 1.13. The second kappa shape index (κ2) is 9.10. The Labute approximate surface area is 173 Å². The summed E-state index contributed by atoms with van der Waals surface area (Å²) in [6.45, 7) is 1.65. The van der Waals surface area contributed by atoms with Crippen LogP contribution in [0.5, 0.6) is 5.75 Å². The third-order valence-corrected chi connectivity index (χ3v) is 5.52. The van der Waals surface area contributed by atoms with Crippen molar-refractivity contribution < 1.29 is 22.9 Å². The van der Waals surface area contributed by atoms with Crippen molar-refractivity contribution in [2.45, 2.75) is 19.4 Å². The number of halogens is 1. The monoisotopic (exact) mass is 441 g/mol. The molecule has 0 saturated heterocycles. The molecule has 0 aliphatic rings. The second-order valence-corrected chi connectivity index (χ2v) is 8.37. The van der Waals surface area contributed by atoms with Gasteiger partial charge in [0.25, 0.3) is 5.69 Å². The van der Waals surface area contributed by atoms with Crippen LogP contribution in [0, 0.1) is 10.1 Å². The lowest BCUT2D eigenvalue weighted by molar-refractivity contribution is -0.384. The number of nitro benzene ring substituents is 1. The van der Waals surface area contributed by atoms with Crippen molar-refractivity contribution in [2.24, 2.45) is 0 Å². The van der Waals surface area contributed by atoms with Crippen LogP contribution < -0.4 is 14.4 Å². The van der Waals surface area contributed by atoms with Crippen LogP contribution in [0.25, 0.3) is 0 Å². The van der Waals surface area contributed by atoms with Gasteiger partial charge < -0.3 is 10.1 Å². The lowest BCUT2D eigenvalue weighted by Gasteiger charge is -2.30. The van der Waals surface area contributed by atoms with E-state index < -0.39 is 26.9 Å². The van der Waals surface area contributed by atoms with Gasteiger partial charge in [-0.25, -0.2) is 8.42 Å². The fourth-order valence-corrected chi connectivity index (χ4v) is 4.23. The van der Waals surface area contributed by atoms with Crippen LogP contribution in [0.15, 0.2) is 42.5 Å². The number of non-ortho nitro benzene ring substituents is 1. The number of carbonyl (C=O) groups is 1. The molecule has 1 N–H and O–H groups in total. The molecule has 2 aromatic rings. The van der Waals surface area contributed by atoms with Crippen molar-refractivity contribution in [1.29, 1.82) is 0 Å². The maximum absolute atomic E-state index is 12.8. The van der Waals surface area contributed by atoms with Crippen molar-refractivity contribution in [2.75, 3.05) is 23.0 Å². The van der Waals surface area contributed by atoms with E-state index in [1.54, 1.807) is 6.92 Å². The number of methoxy groups -OCH3 is 1. The number of hydrogen-bond acceptors (Lipinski definition) is 6. The van der Waals surface area contributed by atoms with Gasteiger partial charge in [-0.05, 0) is 30.7 Å². The van der Waals surface area contributed by atoms with Crippen LogP contribution >= 0.6 is 11.6 Å². The van der Waals surface area contributed by atoms with E-state index in [1.165, 1.54) is 49.6 Å². The molecule has 0 spiro atoms. The van der Waals surface area contributed by atoms with Crippen LogP contribution in [0.4, 0.5) is 17.1 Å². The highest BCUT2D eigenvalue weighted by molar-refractivity contribution is 7.92. The van der Waals surface area contributed by atoms with Crippen LogP contribution in [-0.2, 0) is 14.8 Å². The minimum absolute atomic E-state index is 0.150. The van der Waals surface area contributed by atoms with Crippen LogP contribution in [-0.4, -0.2) is 38.7 Å². The molecular weight excluding hydrogens is 422 g/mol. The first-order valence-electron chi connectivity index (χ1n) is 8.46. The number of hydrogen-bond donors (Lipinski definition) is 1. The van der Waals surface area contributed by atoms with Crippen molar-refractivity contribution >= 4 is 44.6 Å². The number of nitrogens with zero attached hydrogens (tertiary/aromatic N) is 2. The van der Waals surface area contributed by atoms with E-state index in [0.717, 1.165) is 10.6 Å². The molecule has 9 nitrogen and oxygen atoms in total. The fourth-order valence-electron chi connectivity index (χ4n) is 2.78. The lowest BCUT2D eigenvalue weighted by Crippen LogP contribution is -2.47. The number of benzene rings is 2. The summed E-state index contributed by atoms with van der Waals surface area (Å²) in [5.74, 6) is -0.275. The average molecular weight is 442 g/mol. The summed E-state index contributed by atoms with van der Waals surface area (Å²) < 4.78 is 31.0. The van der Waals surface area contributed by atoms with Crippen molar-refractivity contribution in [3.05, 3.63) is 57.6 Å². The number of rotatable bonds is 8. The summed E-state index contributed by atoms with van der Waals surface area (Å²) in [7, 11) is -2.43. The standard InChI is InChI=1S/C18H20ClN3O6S/c1-4-16(18(23)20-12-6-5-7-14(10-12)22(24)25)21(29(3,26)27)13-8-9-17(28-2)15(19)11-13/h5-11,16H,4H2,1-3H3,(H,20,23)/t16-/m1/s1. The molecule has 2 aromatic carbocycles. The van der Waals surface area contributed by atoms with Crippen molar-refractivity contribution in [1.82, 2.24) is 0 Å². The third-order valence-electron chi connectivity index (χ3n) is 4.04. The third kappa shape index (κ3) is 5.36. The van der Waals surface area contributed by atoms with Gasteiger partial charge in [-0.1, -0.05) is 24.6 Å². The maximum atomic E-state index is 12.8. The van der Waals surface area contributed by atoms with Gasteiger partial charge in [0.15, 0.2) is 0 Å². The minimum Gasteiger partial charge on any atom is -0.495 e. The van der Waals surface area contributed by atoms with E-state index in [1.807, 2.05) is 0 Å². The Morgan fingerprint density at radius 2 is 2.00 bits per heavy atom. The maximum Gasteiger partial charge on any atom is 0.271 e. The summed E-state index contributed by atoms with van der Waals surface area (Å²) in [4.78, 5) is 23.2. The Morgan fingerprint density at radius 1 is 1.31 bits per heavy atom. The van der Waals surface area contributed by atoms with E-state index in [9.17, 15) is 23.3 Å². The molecule has 0 aliphatic heterocycles. The Hall–Kier alpha value is -2.85. The van der Waals surface area contributed by atoms with E-state index in [4.69, 9.17) is 16.3 Å². The minimum atomic E-state index is -3.86. The number of amides is 1. The Bertz CT molecular complexity index is 1030. The van der Waals surface area contributed by atoms with Gasteiger partial charge in [-0.3, -0.25) is 19.2 Å². The van der Waals surface area contributed by atoms with Gasteiger partial charge in [0, 0.05) is 17.8 Å². The molecule has 0 radical (unpaired) electrons. The SMILES string of the molecule is CC[C@H](C(=O)Nc1cccc([N+](=O)[O-])c1)N(c1ccc(OC)c(Cl)c1)S(C)(=O)=O. The summed E-state index contributed by atoms with van der Waals surface area (Å²) in [6, 6.07) is 8.66. The topological polar surface area (TPSA) is 119 Å². The number of carbonyl (C=O) groups excluding carboxylic acids is 1. The summed E-state index contributed by atoms with van der Waals surface area (Å²) in [5, 5.41) is 13.6. The average Bonchev–Trinajstić information content (AvgIpc) is 2.65. The van der Waals surface area contributed by atoms with E-state index >= 15 is 0 Å². The van der Waals surface area contributed by atoms with E-state index in [2.05, 4.69) is 5.32 Å². The van der Waals surface area contributed by atoms with Gasteiger partial charge in [0.2, 0.25) is 15.9 Å². The highest BCUT2D eigenvalue weighted by atomic mass is 35.5. The molecule has 0 aliphatic carbocycles. The van der Waals surface area contributed by atoms with E-state index in [-0.39, 0.29) is 28.5 Å². The molecule has 1 amide bonds. The van der Waals surface area contributed by atoms with Gasteiger partial charge >= 0.3 is 0 Å². The van der Waals surface area contributed by atoms with Gasteiger partial charge in [-0.2, -0.15) is 0 Å². The summed E-state index contributed by atoms with van der Waals surface area (Å²) >= 11 is 6.12. The molecule has 0 heterocycles. The molecule has 0 saturated carbocycles. The molecule has 29 heavy (non-hydrogen) atoms. The zero-order valence-corrected chi connectivity index (χ0v) is 17.5. The normalized spacial score (nSPS) is 12.1. The number of nitrogens with one attached hydrogen (secondary N) is 1. The number of sulfonamides is 1. The number of anilines is 2. The molecule has 0 unspecified atom stereocenters. The zero-order valence-electron chi connectivity index (χ0n) is 16.0. The predicted octanol–water partition coefficient (Wildman–Crippen LogP) is 3.44. The number of nitro groups is 1. The molecule has 2 rings (SSSR count). The molecular formula is C18H20ClN3O6S. The Kier molecular flexibility index (Phi) is 7.04. The largest absolute Gasteiger partial charge is 0.495 e. The van der Waals surface area contributed by atoms with Gasteiger partial charge in [-0.15, -0.1) is 0 Å². The quantitative estimate of drug-likeness (QED) is 0.495. The summed E-state index contributed by atoms with van der Waals surface area (Å²) in [5.41, 5.74) is 0.181. The smallest absolute Gasteiger partial charge is 0.271 e. The molecule has 156 valence electrons. The van der Waals surface area contributed by atoms with Gasteiger partial charge in [0.05, 0.1) is 29.0 Å². The van der Waals surface area contributed by atoms with E-state index in [0.29, 0.717) is 5.75 Å². The zero-order chi connectivity index (χ0) is 21.8. The van der Waals surface area contributed by atoms with Gasteiger partial charge in [0.1, 0.15) is 11.8 Å². The molecule has 0 fully saturated rings. The Morgan fingerprint density at radius 3 is 2.52 bits per heavy atom. The first-order chi connectivity index (χ1) is 13.6. The Balaban J connectivity index is 2.41. The van der Waals surface area contributed by atoms with Crippen LogP contribution in [0.2, 0.25) is 5.02 Å². The lowest BCUT2D eigenvalue weighted by atomic mass is 10.1. The first kappa shape index (κ1) is 22.4. The highest BCUT2D eigenvalue weighted by Gasteiger charge is 2.32. The molecule has 1 atom stereocenters. The van der Waals surface area contributed by atoms with Crippen LogP contribution in [0.1, 0.15) is 13.3 Å². The first-order valence-corrected chi connectivity index (χ1v) is 10.7.